The number of nitriles is 1. The van der Waals surface area contributed by atoms with E-state index in [0.717, 1.165) is 0 Å². The van der Waals surface area contributed by atoms with Gasteiger partial charge in [0.2, 0.25) is 0 Å². The molecule has 2 atom stereocenters. The van der Waals surface area contributed by atoms with E-state index in [2.05, 4.69) is 33.9 Å². The van der Waals surface area contributed by atoms with E-state index < -0.39 is 20.5 Å². The van der Waals surface area contributed by atoms with Gasteiger partial charge in [-0.15, -0.1) is 0 Å². The van der Waals surface area contributed by atoms with Crippen molar-refractivity contribution in [1.29, 1.82) is 5.26 Å². The Balaban J connectivity index is 4.08. The van der Waals surface area contributed by atoms with Gasteiger partial charge >= 0.3 is 0 Å². The highest BCUT2D eigenvalue weighted by atomic mass is 28.4. The molecule has 0 aromatic heterocycles. The molecule has 0 rings (SSSR count). The summed E-state index contributed by atoms with van der Waals surface area (Å²) in [7, 11) is -1.84. The van der Waals surface area contributed by atoms with Crippen LogP contribution in [-0.4, -0.2) is 37.3 Å². The Hall–Kier alpha value is -0.413. The van der Waals surface area contributed by atoms with Crippen LogP contribution in [0.25, 0.3) is 0 Å². The highest BCUT2D eigenvalue weighted by molar-refractivity contribution is 6.74. The van der Waals surface area contributed by atoms with Gasteiger partial charge in [0.25, 0.3) is 0 Å². The lowest BCUT2D eigenvalue weighted by molar-refractivity contribution is 0.0468. The first-order valence-corrected chi connectivity index (χ1v) is 8.88. The summed E-state index contributed by atoms with van der Waals surface area (Å²) < 4.78 is 5.83. The first kappa shape index (κ1) is 16.6. The van der Waals surface area contributed by atoms with Crippen LogP contribution in [0, 0.1) is 11.3 Å². The van der Waals surface area contributed by atoms with Crippen molar-refractivity contribution >= 4 is 8.32 Å². The highest BCUT2D eigenvalue weighted by Crippen LogP contribution is 2.36. The maximum Gasteiger partial charge on any atom is 0.192 e. The third-order valence-electron chi connectivity index (χ3n) is 3.31. The van der Waals surface area contributed by atoms with Gasteiger partial charge in [0.15, 0.2) is 8.32 Å². The summed E-state index contributed by atoms with van der Waals surface area (Å²) in [4.78, 5) is 0. The smallest absolute Gasteiger partial charge is 0.192 e. The second-order valence-corrected chi connectivity index (χ2v) is 10.8. The van der Waals surface area contributed by atoms with Crippen molar-refractivity contribution in [2.75, 3.05) is 6.61 Å². The first-order chi connectivity index (χ1) is 7.60. The third kappa shape index (κ3) is 6.17. The van der Waals surface area contributed by atoms with Crippen molar-refractivity contribution in [3.8, 4) is 6.07 Å². The number of rotatable bonds is 6. The van der Waals surface area contributed by atoms with E-state index in [-0.39, 0.29) is 24.5 Å². The molecule has 5 heteroatoms. The summed E-state index contributed by atoms with van der Waals surface area (Å²) in [6.45, 7) is 10.9. The molecule has 0 aromatic carbocycles. The van der Waals surface area contributed by atoms with E-state index in [1.165, 1.54) is 0 Å². The van der Waals surface area contributed by atoms with Crippen LogP contribution in [0.1, 0.15) is 33.6 Å². The summed E-state index contributed by atoms with van der Waals surface area (Å²) in [5.74, 6) is 0. The second kappa shape index (κ2) is 6.50. The van der Waals surface area contributed by atoms with Crippen LogP contribution in [-0.2, 0) is 4.43 Å². The predicted octanol–water partition coefficient (Wildman–Crippen LogP) is 2.03. The average molecular weight is 259 g/mol. The van der Waals surface area contributed by atoms with Crippen molar-refractivity contribution in [2.45, 2.75) is 64.0 Å². The lowest BCUT2D eigenvalue weighted by Gasteiger charge is -2.36. The van der Waals surface area contributed by atoms with Gasteiger partial charge in [-0.05, 0) is 18.1 Å². The number of hydrogen-bond donors (Lipinski definition) is 2. The third-order valence-corrected chi connectivity index (χ3v) is 7.81. The highest BCUT2D eigenvalue weighted by Gasteiger charge is 2.37. The first-order valence-electron chi connectivity index (χ1n) is 5.97. The molecule has 0 aromatic rings. The molecule has 0 fully saturated rings. The van der Waals surface area contributed by atoms with Crippen LogP contribution < -0.4 is 0 Å². The predicted molar refractivity (Wildman–Crippen MR) is 70.0 cm³/mol. The summed E-state index contributed by atoms with van der Waals surface area (Å²) in [5, 5.41) is 27.6. The molecule has 0 unspecified atom stereocenters. The second-order valence-electron chi connectivity index (χ2n) is 5.98. The van der Waals surface area contributed by atoms with Gasteiger partial charge in [0.1, 0.15) is 0 Å². The Labute approximate surface area is 105 Å². The van der Waals surface area contributed by atoms with Crippen molar-refractivity contribution in [1.82, 2.24) is 0 Å². The number of aliphatic hydroxyl groups is 2. The van der Waals surface area contributed by atoms with Gasteiger partial charge in [0, 0.05) is 6.42 Å². The molecule has 0 aliphatic heterocycles. The van der Waals surface area contributed by atoms with E-state index in [1.54, 1.807) is 0 Å². The van der Waals surface area contributed by atoms with Crippen LogP contribution in [0.15, 0.2) is 0 Å². The van der Waals surface area contributed by atoms with Gasteiger partial charge in [-0.1, -0.05) is 20.8 Å². The SMILES string of the molecule is CC(C)(C)[Si](C)(C)OC[C@@H](O)C[C@@H](O)CC#N. The molecule has 0 amide bonds. The van der Waals surface area contributed by atoms with E-state index in [1.807, 2.05) is 6.07 Å². The fraction of sp³-hybridized carbons (Fsp3) is 0.917. The summed E-state index contributed by atoms with van der Waals surface area (Å²) in [6, 6.07) is 1.88. The maximum absolute atomic E-state index is 9.70. The summed E-state index contributed by atoms with van der Waals surface area (Å²) >= 11 is 0. The normalized spacial score (nSPS) is 16.4. The standard InChI is InChI=1S/C12H25NO3Si/c1-12(2,3)17(4,5)16-9-11(15)8-10(14)6-7-13/h10-11,14-15H,6,8-9H2,1-5H3/t10-,11-/m0/s1. The molecular weight excluding hydrogens is 234 g/mol. The minimum atomic E-state index is -1.84. The Morgan fingerprint density at radius 1 is 1.24 bits per heavy atom. The van der Waals surface area contributed by atoms with Gasteiger partial charge in [0.05, 0.1) is 31.3 Å². The maximum atomic E-state index is 9.70. The van der Waals surface area contributed by atoms with Crippen molar-refractivity contribution in [3.05, 3.63) is 0 Å². The van der Waals surface area contributed by atoms with Crippen LogP contribution in [0.3, 0.4) is 0 Å². The molecule has 17 heavy (non-hydrogen) atoms. The van der Waals surface area contributed by atoms with E-state index in [4.69, 9.17) is 9.69 Å². The minimum Gasteiger partial charge on any atom is -0.414 e. The van der Waals surface area contributed by atoms with Crippen LogP contribution in [0.4, 0.5) is 0 Å². The topological polar surface area (TPSA) is 73.5 Å². The van der Waals surface area contributed by atoms with Gasteiger partial charge in [-0.2, -0.15) is 5.26 Å². The number of aliphatic hydroxyl groups excluding tert-OH is 2. The monoisotopic (exact) mass is 259 g/mol. The molecule has 0 aliphatic carbocycles. The molecule has 0 saturated heterocycles. The van der Waals surface area contributed by atoms with Gasteiger partial charge in [-0.25, -0.2) is 0 Å². The van der Waals surface area contributed by atoms with Crippen molar-refractivity contribution in [2.24, 2.45) is 0 Å². The van der Waals surface area contributed by atoms with Crippen LogP contribution >= 0.6 is 0 Å². The molecule has 100 valence electrons. The largest absolute Gasteiger partial charge is 0.414 e. The number of hydrogen-bond acceptors (Lipinski definition) is 4. The van der Waals surface area contributed by atoms with Gasteiger partial charge < -0.3 is 14.6 Å². The zero-order chi connectivity index (χ0) is 13.7. The van der Waals surface area contributed by atoms with Crippen molar-refractivity contribution < 1.29 is 14.6 Å². The fourth-order valence-electron chi connectivity index (χ4n) is 1.09. The van der Waals surface area contributed by atoms with Crippen LogP contribution in [0.5, 0.6) is 0 Å². The molecular formula is C12H25NO3Si. The number of nitrogens with zero attached hydrogens (tertiary/aromatic N) is 1. The Morgan fingerprint density at radius 3 is 2.18 bits per heavy atom. The molecule has 0 radical (unpaired) electrons. The quantitative estimate of drug-likeness (QED) is 0.716. The Morgan fingerprint density at radius 2 is 1.76 bits per heavy atom. The lowest BCUT2D eigenvalue weighted by Crippen LogP contribution is -2.43. The summed E-state index contributed by atoms with van der Waals surface area (Å²) in [6.07, 6.45) is -1.22. The Bertz CT molecular complexity index is 268. The van der Waals surface area contributed by atoms with Gasteiger partial charge in [-0.3, -0.25) is 0 Å². The van der Waals surface area contributed by atoms with Crippen molar-refractivity contribution in [3.63, 3.8) is 0 Å². The molecule has 0 aliphatic rings. The Kier molecular flexibility index (Phi) is 6.34. The van der Waals surface area contributed by atoms with E-state index in [9.17, 15) is 10.2 Å². The van der Waals surface area contributed by atoms with E-state index in [0.29, 0.717) is 0 Å². The summed E-state index contributed by atoms with van der Waals surface area (Å²) in [5.41, 5.74) is 0. The molecule has 4 nitrogen and oxygen atoms in total. The molecule has 0 bridgehead atoms. The average Bonchev–Trinajstić information content (AvgIpc) is 2.13. The van der Waals surface area contributed by atoms with Crippen LogP contribution in [0.2, 0.25) is 18.1 Å². The minimum absolute atomic E-state index is 0.0527. The zero-order valence-corrected chi connectivity index (χ0v) is 12.5. The molecule has 0 saturated carbocycles. The lowest BCUT2D eigenvalue weighted by atomic mass is 10.1. The zero-order valence-electron chi connectivity index (χ0n) is 11.5. The fourth-order valence-corrected chi connectivity index (χ4v) is 2.13. The molecule has 0 spiro atoms. The molecule has 2 N–H and O–H groups in total. The van der Waals surface area contributed by atoms with E-state index >= 15 is 0 Å². The molecule has 0 heterocycles.